The molecular weight excluding hydrogens is 413 g/mol. The van der Waals surface area contributed by atoms with Gasteiger partial charge in [-0.2, -0.15) is 0 Å². The molecule has 0 aliphatic carbocycles. The summed E-state index contributed by atoms with van der Waals surface area (Å²) < 4.78 is 15.2. The van der Waals surface area contributed by atoms with Crippen LogP contribution in [-0.2, 0) is 0 Å². The molecule has 0 bridgehead atoms. The largest absolute Gasteiger partial charge is 0.395 e. The van der Waals surface area contributed by atoms with Gasteiger partial charge in [0, 0.05) is 28.6 Å². The van der Waals surface area contributed by atoms with E-state index in [0.717, 1.165) is 13.0 Å². The summed E-state index contributed by atoms with van der Waals surface area (Å²) in [5.74, 6) is 0.171. The van der Waals surface area contributed by atoms with Crippen LogP contribution >= 0.6 is 22.9 Å². The molecule has 2 aromatic heterocycles. The minimum atomic E-state index is -0.445. The molecule has 150 valence electrons. The molecule has 2 aromatic carbocycles. The number of nitrogens with zero attached hydrogens (tertiary/aromatic N) is 1. The van der Waals surface area contributed by atoms with Crippen molar-refractivity contribution in [3.63, 3.8) is 0 Å². The van der Waals surface area contributed by atoms with E-state index < -0.39 is 5.82 Å². The van der Waals surface area contributed by atoms with Gasteiger partial charge in [-0.05, 0) is 43.3 Å². The Hall–Kier alpha value is -2.32. The summed E-state index contributed by atoms with van der Waals surface area (Å²) >= 11 is 7.82. The zero-order chi connectivity index (χ0) is 20.4. The minimum absolute atomic E-state index is 0.104. The van der Waals surface area contributed by atoms with Gasteiger partial charge in [0.05, 0.1) is 27.2 Å². The zero-order valence-electron chi connectivity index (χ0n) is 15.5. The van der Waals surface area contributed by atoms with Crippen LogP contribution in [0.1, 0.15) is 6.42 Å². The highest BCUT2D eigenvalue weighted by molar-refractivity contribution is 7.25. The molecule has 3 N–H and O–H groups in total. The summed E-state index contributed by atoms with van der Waals surface area (Å²) in [7, 11) is 0. The van der Waals surface area contributed by atoms with Crippen molar-refractivity contribution < 1.29 is 9.50 Å². The first kappa shape index (κ1) is 20.0. The fourth-order valence-corrected chi connectivity index (χ4v) is 4.72. The Morgan fingerprint density at radius 1 is 1.14 bits per heavy atom. The van der Waals surface area contributed by atoms with E-state index >= 15 is 0 Å². The van der Waals surface area contributed by atoms with Gasteiger partial charge >= 0.3 is 0 Å². The molecule has 2 heterocycles. The van der Waals surface area contributed by atoms with Gasteiger partial charge in [0.15, 0.2) is 5.43 Å². The van der Waals surface area contributed by atoms with Crippen LogP contribution in [0.3, 0.4) is 0 Å². The summed E-state index contributed by atoms with van der Waals surface area (Å²) in [4.78, 5) is 18.0. The number of pyridine rings is 1. The molecule has 0 unspecified atom stereocenters. The SMILES string of the molecule is O=c1c2cc(F)ccc2sc2c(NCCCNCCO)nc3cccc(Cl)c3c12. The first-order valence-corrected chi connectivity index (χ1v) is 10.5. The monoisotopic (exact) mass is 431 g/mol. The number of anilines is 1. The summed E-state index contributed by atoms with van der Waals surface area (Å²) in [6.45, 7) is 2.06. The van der Waals surface area contributed by atoms with E-state index in [1.807, 2.05) is 6.07 Å². The van der Waals surface area contributed by atoms with Crippen LogP contribution in [0.15, 0.2) is 41.2 Å². The van der Waals surface area contributed by atoms with Crippen LogP contribution in [0.25, 0.3) is 31.1 Å². The van der Waals surface area contributed by atoms with Crippen LogP contribution < -0.4 is 16.1 Å². The lowest BCUT2D eigenvalue weighted by molar-refractivity contribution is 0.292. The third-order valence-corrected chi connectivity index (χ3v) is 6.15. The van der Waals surface area contributed by atoms with Crippen molar-refractivity contribution >= 4 is 59.8 Å². The summed E-state index contributed by atoms with van der Waals surface area (Å²) in [6.07, 6.45) is 0.824. The van der Waals surface area contributed by atoms with E-state index in [2.05, 4.69) is 10.6 Å². The first-order valence-electron chi connectivity index (χ1n) is 9.30. The van der Waals surface area contributed by atoms with Crippen molar-refractivity contribution in [2.75, 3.05) is 31.6 Å². The van der Waals surface area contributed by atoms with Gasteiger partial charge in [0.25, 0.3) is 0 Å². The van der Waals surface area contributed by atoms with E-state index in [-0.39, 0.29) is 12.0 Å². The fourth-order valence-electron chi connectivity index (χ4n) is 3.33. The van der Waals surface area contributed by atoms with Gasteiger partial charge in [-0.3, -0.25) is 4.79 Å². The second-order valence-electron chi connectivity index (χ2n) is 6.62. The molecule has 29 heavy (non-hydrogen) atoms. The third kappa shape index (κ3) is 3.91. The predicted octanol–water partition coefficient (Wildman–Crippen LogP) is 4.14. The van der Waals surface area contributed by atoms with E-state index in [4.69, 9.17) is 21.7 Å². The quantitative estimate of drug-likeness (QED) is 0.233. The van der Waals surface area contributed by atoms with Crippen LogP contribution in [-0.4, -0.2) is 36.3 Å². The number of halogens is 2. The zero-order valence-corrected chi connectivity index (χ0v) is 17.0. The number of nitrogens with one attached hydrogen (secondary N) is 2. The van der Waals surface area contributed by atoms with E-state index in [9.17, 15) is 9.18 Å². The second kappa shape index (κ2) is 8.59. The van der Waals surface area contributed by atoms with E-state index in [1.54, 1.807) is 18.2 Å². The number of hydrogen-bond donors (Lipinski definition) is 3. The molecule has 0 saturated heterocycles. The number of aliphatic hydroxyl groups is 1. The average Bonchev–Trinajstić information content (AvgIpc) is 2.71. The van der Waals surface area contributed by atoms with Crippen molar-refractivity contribution in [3.05, 3.63) is 57.5 Å². The molecule has 0 saturated carbocycles. The maximum Gasteiger partial charge on any atom is 0.196 e. The van der Waals surface area contributed by atoms with Crippen molar-refractivity contribution in [1.82, 2.24) is 10.3 Å². The van der Waals surface area contributed by atoms with Gasteiger partial charge in [-0.25, -0.2) is 9.37 Å². The van der Waals surface area contributed by atoms with Crippen LogP contribution in [0, 0.1) is 5.82 Å². The number of aromatic nitrogens is 1. The molecule has 4 rings (SSSR count). The lowest BCUT2D eigenvalue weighted by Gasteiger charge is -2.13. The number of hydrogen-bond acceptors (Lipinski definition) is 6. The Morgan fingerprint density at radius 3 is 2.83 bits per heavy atom. The molecule has 0 atom stereocenters. The fraction of sp³-hybridized carbons (Fsp3) is 0.238. The Morgan fingerprint density at radius 2 is 2.00 bits per heavy atom. The summed E-state index contributed by atoms with van der Waals surface area (Å²) in [6, 6.07) is 9.58. The normalized spacial score (nSPS) is 11.6. The Bertz CT molecular complexity index is 1260. The highest BCUT2D eigenvalue weighted by atomic mass is 35.5. The third-order valence-electron chi connectivity index (χ3n) is 4.65. The molecule has 0 aliphatic rings. The van der Waals surface area contributed by atoms with Gasteiger partial charge in [-0.15, -0.1) is 11.3 Å². The van der Waals surface area contributed by atoms with Crippen molar-refractivity contribution in [2.45, 2.75) is 6.42 Å². The first-order chi connectivity index (χ1) is 14.1. The highest BCUT2D eigenvalue weighted by Gasteiger charge is 2.17. The second-order valence-corrected chi connectivity index (χ2v) is 8.08. The molecule has 0 radical (unpaired) electrons. The smallest absolute Gasteiger partial charge is 0.196 e. The van der Waals surface area contributed by atoms with Gasteiger partial charge in [0.1, 0.15) is 11.6 Å². The molecule has 0 fully saturated rings. The van der Waals surface area contributed by atoms with Gasteiger partial charge in [0.2, 0.25) is 0 Å². The lowest BCUT2D eigenvalue weighted by atomic mass is 10.1. The average molecular weight is 432 g/mol. The number of rotatable bonds is 7. The minimum Gasteiger partial charge on any atom is -0.395 e. The standard InChI is InChI=1S/C21H19ClFN3O2S/c22-14-3-1-4-15-17(14)18-19(28)13-11-12(23)5-6-16(13)29-20(18)21(26-15)25-8-2-7-24-9-10-27/h1,3-6,11,24,27H,2,7-10H2,(H,25,26). The number of benzene rings is 2. The topological polar surface area (TPSA) is 74.2 Å². The van der Waals surface area contributed by atoms with Crippen LogP contribution in [0.4, 0.5) is 10.2 Å². The Balaban J connectivity index is 1.87. The van der Waals surface area contributed by atoms with Gasteiger partial charge < -0.3 is 15.7 Å². The number of fused-ring (bicyclic) bond motifs is 4. The Labute approximate surface area is 175 Å². The van der Waals surface area contributed by atoms with Crippen molar-refractivity contribution in [2.24, 2.45) is 0 Å². The Kier molecular flexibility index (Phi) is 5.91. The highest BCUT2D eigenvalue weighted by Crippen LogP contribution is 2.36. The summed E-state index contributed by atoms with van der Waals surface area (Å²) in [5.41, 5.74) is 0.368. The molecule has 8 heteroatoms. The van der Waals surface area contributed by atoms with Crippen molar-refractivity contribution in [3.8, 4) is 0 Å². The molecule has 4 aromatic rings. The van der Waals surface area contributed by atoms with E-state index in [0.29, 0.717) is 55.0 Å². The van der Waals surface area contributed by atoms with E-state index in [1.165, 1.54) is 23.5 Å². The maximum absolute atomic E-state index is 13.8. The molecule has 0 spiro atoms. The van der Waals surface area contributed by atoms with Gasteiger partial charge in [-0.1, -0.05) is 17.7 Å². The predicted molar refractivity (Wildman–Crippen MR) is 119 cm³/mol. The molecule has 0 aliphatic heterocycles. The molecule has 5 nitrogen and oxygen atoms in total. The van der Waals surface area contributed by atoms with Crippen LogP contribution in [0.2, 0.25) is 5.02 Å². The molecule has 0 amide bonds. The van der Waals surface area contributed by atoms with Crippen molar-refractivity contribution in [1.29, 1.82) is 0 Å². The summed E-state index contributed by atoms with van der Waals surface area (Å²) in [5, 5.41) is 17.1. The lowest BCUT2D eigenvalue weighted by Crippen LogP contribution is -2.21. The number of aliphatic hydroxyl groups excluding tert-OH is 1. The van der Waals surface area contributed by atoms with Crippen LogP contribution in [0.5, 0.6) is 0 Å². The maximum atomic E-state index is 13.8. The molecular formula is C21H19ClFN3O2S.